The maximum absolute atomic E-state index is 5.49. The van der Waals surface area contributed by atoms with Crippen LogP contribution in [0.4, 0.5) is 0 Å². The molecule has 1 aromatic rings. The van der Waals surface area contributed by atoms with Crippen molar-refractivity contribution in [3.05, 3.63) is 18.5 Å². The molecule has 3 nitrogen and oxygen atoms in total. The van der Waals surface area contributed by atoms with Crippen molar-refractivity contribution in [1.29, 1.82) is 0 Å². The second-order valence-corrected chi connectivity index (χ2v) is 2.85. The lowest BCUT2D eigenvalue weighted by atomic mass is 10.5. The Hall–Kier alpha value is -1.12. The van der Waals surface area contributed by atoms with Crippen LogP contribution in [0.15, 0.2) is 18.5 Å². The normalized spacial score (nSPS) is 10.3. The van der Waals surface area contributed by atoms with E-state index in [0.717, 1.165) is 6.54 Å². The minimum Gasteiger partial charge on any atom is -0.425 e. The Morgan fingerprint density at radius 3 is 2.92 bits per heavy atom. The molecule has 1 rings (SSSR count). The van der Waals surface area contributed by atoms with Gasteiger partial charge in [-0.05, 0) is 25.8 Å². The SMILES string of the molecule is CC[n+]1cccnc1OC(C)C. The van der Waals surface area contributed by atoms with Crippen molar-refractivity contribution in [3.8, 4) is 6.01 Å². The lowest BCUT2D eigenvalue weighted by molar-refractivity contribution is -0.702. The van der Waals surface area contributed by atoms with Gasteiger partial charge >= 0.3 is 6.01 Å². The monoisotopic (exact) mass is 167 g/mol. The van der Waals surface area contributed by atoms with E-state index < -0.39 is 0 Å². The first-order valence-electron chi connectivity index (χ1n) is 4.25. The van der Waals surface area contributed by atoms with Crippen molar-refractivity contribution in [2.24, 2.45) is 0 Å². The van der Waals surface area contributed by atoms with Gasteiger partial charge in [0.1, 0.15) is 12.3 Å². The molecule has 0 N–H and O–H groups in total. The van der Waals surface area contributed by atoms with Crippen LogP contribution in [0, 0.1) is 0 Å². The molecule has 0 amide bonds. The number of nitrogens with zero attached hydrogens (tertiary/aromatic N) is 2. The second kappa shape index (κ2) is 4.04. The van der Waals surface area contributed by atoms with Gasteiger partial charge in [0.05, 0.1) is 12.7 Å². The maximum Gasteiger partial charge on any atom is 0.498 e. The Labute approximate surface area is 73.0 Å². The maximum atomic E-state index is 5.49. The first kappa shape index (κ1) is 8.97. The number of hydrogen-bond acceptors (Lipinski definition) is 2. The van der Waals surface area contributed by atoms with E-state index in [0.29, 0.717) is 6.01 Å². The molecule has 3 heteroatoms. The molecule has 1 heterocycles. The van der Waals surface area contributed by atoms with Crippen LogP contribution >= 0.6 is 0 Å². The van der Waals surface area contributed by atoms with Crippen molar-refractivity contribution in [1.82, 2.24) is 4.98 Å². The zero-order valence-corrected chi connectivity index (χ0v) is 7.82. The molecule has 66 valence electrons. The molecule has 0 bridgehead atoms. The summed E-state index contributed by atoms with van der Waals surface area (Å²) in [6.07, 6.45) is 3.88. The zero-order chi connectivity index (χ0) is 8.97. The van der Waals surface area contributed by atoms with E-state index in [2.05, 4.69) is 11.9 Å². The fourth-order valence-corrected chi connectivity index (χ4v) is 0.937. The second-order valence-electron chi connectivity index (χ2n) is 2.85. The molecule has 0 radical (unpaired) electrons. The van der Waals surface area contributed by atoms with Crippen molar-refractivity contribution in [3.63, 3.8) is 0 Å². The summed E-state index contributed by atoms with van der Waals surface area (Å²) in [6, 6.07) is 2.59. The Kier molecular flexibility index (Phi) is 3.02. The zero-order valence-electron chi connectivity index (χ0n) is 7.82. The van der Waals surface area contributed by atoms with Gasteiger partial charge in [-0.1, -0.05) is 0 Å². The fraction of sp³-hybridized carbons (Fsp3) is 0.556. The summed E-state index contributed by atoms with van der Waals surface area (Å²) in [5.41, 5.74) is 0. The summed E-state index contributed by atoms with van der Waals surface area (Å²) in [5.74, 6) is 0. The Balaban J connectivity index is 2.82. The number of hydrogen-bond donors (Lipinski definition) is 0. The summed E-state index contributed by atoms with van der Waals surface area (Å²) < 4.78 is 7.46. The smallest absolute Gasteiger partial charge is 0.425 e. The van der Waals surface area contributed by atoms with Crippen LogP contribution < -0.4 is 9.30 Å². The Morgan fingerprint density at radius 1 is 1.58 bits per heavy atom. The van der Waals surface area contributed by atoms with Crippen molar-refractivity contribution < 1.29 is 9.30 Å². The van der Waals surface area contributed by atoms with Crippen LogP contribution in [0.3, 0.4) is 0 Å². The van der Waals surface area contributed by atoms with Crippen LogP contribution in [0.5, 0.6) is 6.01 Å². The van der Waals surface area contributed by atoms with Gasteiger partial charge in [-0.15, -0.1) is 0 Å². The van der Waals surface area contributed by atoms with E-state index in [-0.39, 0.29) is 6.10 Å². The van der Waals surface area contributed by atoms with E-state index >= 15 is 0 Å². The Morgan fingerprint density at radius 2 is 2.33 bits per heavy atom. The highest BCUT2D eigenvalue weighted by Gasteiger charge is 2.11. The lowest BCUT2D eigenvalue weighted by Gasteiger charge is -2.05. The molecule has 12 heavy (non-hydrogen) atoms. The highest BCUT2D eigenvalue weighted by molar-refractivity contribution is 4.84. The average Bonchev–Trinajstić information content (AvgIpc) is 2.04. The Bertz CT molecular complexity index is 248. The summed E-state index contributed by atoms with van der Waals surface area (Å²) in [5, 5.41) is 0. The molecule has 0 spiro atoms. The number of aryl methyl sites for hydroxylation is 1. The highest BCUT2D eigenvalue weighted by atomic mass is 16.5. The third-order valence-corrected chi connectivity index (χ3v) is 1.46. The van der Waals surface area contributed by atoms with Gasteiger partial charge in [-0.3, -0.25) is 0 Å². The summed E-state index contributed by atoms with van der Waals surface area (Å²) >= 11 is 0. The molecule has 0 saturated heterocycles. The lowest BCUT2D eigenvalue weighted by Crippen LogP contribution is -2.36. The van der Waals surface area contributed by atoms with Gasteiger partial charge in [-0.25, -0.2) is 0 Å². The molecule has 0 fully saturated rings. The van der Waals surface area contributed by atoms with Crippen LogP contribution in [0.1, 0.15) is 20.8 Å². The van der Waals surface area contributed by atoms with Crippen LogP contribution in [0.2, 0.25) is 0 Å². The molecule has 0 unspecified atom stereocenters. The molecule has 0 aliphatic heterocycles. The van der Waals surface area contributed by atoms with E-state index in [1.54, 1.807) is 6.20 Å². The molecule has 0 aromatic carbocycles. The summed E-state index contributed by atoms with van der Waals surface area (Å²) in [7, 11) is 0. The van der Waals surface area contributed by atoms with Crippen LogP contribution in [-0.4, -0.2) is 11.1 Å². The van der Waals surface area contributed by atoms with Crippen molar-refractivity contribution in [2.75, 3.05) is 0 Å². The summed E-state index contributed by atoms with van der Waals surface area (Å²) in [6.45, 7) is 6.94. The van der Waals surface area contributed by atoms with Gasteiger partial charge in [0.2, 0.25) is 0 Å². The van der Waals surface area contributed by atoms with E-state index in [4.69, 9.17) is 4.74 Å². The standard InChI is InChI=1S/C9H15N2O/c1-4-11-7-5-6-10-9(11)12-8(2)3/h5-8H,4H2,1-3H3/q+1. The molecular formula is C9H15N2O+. The minimum absolute atomic E-state index is 0.178. The van der Waals surface area contributed by atoms with Gasteiger partial charge in [0.25, 0.3) is 0 Å². The van der Waals surface area contributed by atoms with Crippen molar-refractivity contribution in [2.45, 2.75) is 33.4 Å². The minimum atomic E-state index is 0.178. The molecule has 0 saturated carbocycles. The van der Waals surface area contributed by atoms with Gasteiger partial charge < -0.3 is 4.74 Å². The quantitative estimate of drug-likeness (QED) is 0.632. The highest BCUT2D eigenvalue weighted by Crippen LogP contribution is 1.99. The van der Waals surface area contributed by atoms with E-state index in [9.17, 15) is 0 Å². The van der Waals surface area contributed by atoms with Crippen LogP contribution in [-0.2, 0) is 6.54 Å². The first-order chi connectivity index (χ1) is 5.74. The molecule has 1 aromatic heterocycles. The molecule has 0 atom stereocenters. The number of rotatable bonds is 3. The summed E-state index contributed by atoms with van der Waals surface area (Å²) in [4.78, 5) is 4.13. The fourth-order valence-electron chi connectivity index (χ4n) is 0.937. The van der Waals surface area contributed by atoms with Gasteiger partial charge in [0.15, 0.2) is 0 Å². The average molecular weight is 167 g/mol. The van der Waals surface area contributed by atoms with Gasteiger partial charge in [-0.2, -0.15) is 4.57 Å². The van der Waals surface area contributed by atoms with Crippen molar-refractivity contribution >= 4 is 0 Å². The third-order valence-electron chi connectivity index (χ3n) is 1.46. The largest absolute Gasteiger partial charge is 0.498 e. The molecule has 0 aliphatic rings. The number of aromatic nitrogens is 2. The van der Waals surface area contributed by atoms with E-state index in [1.807, 2.05) is 30.7 Å². The van der Waals surface area contributed by atoms with Gasteiger partial charge in [0, 0.05) is 6.07 Å². The van der Waals surface area contributed by atoms with E-state index in [1.165, 1.54) is 0 Å². The predicted molar refractivity (Wildman–Crippen MR) is 45.9 cm³/mol. The third kappa shape index (κ3) is 2.19. The first-order valence-corrected chi connectivity index (χ1v) is 4.25. The predicted octanol–water partition coefficient (Wildman–Crippen LogP) is 1.18. The molecular weight excluding hydrogens is 152 g/mol. The topological polar surface area (TPSA) is 26.0 Å². The van der Waals surface area contributed by atoms with Crippen LogP contribution in [0.25, 0.3) is 0 Å². The molecule has 0 aliphatic carbocycles. The number of ether oxygens (including phenoxy) is 1.